The zero-order valence-corrected chi connectivity index (χ0v) is 9.87. The van der Waals surface area contributed by atoms with Crippen LogP contribution in [0.2, 0.25) is 0 Å². The summed E-state index contributed by atoms with van der Waals surface area (Å²) >= 11 is 0. The van der Waals surface area contributed by atoms with Crippen LogP contribution in [0.3, 0.4) is 0 Å². The van der Waals surface area contributed by atoms with Gasteiger partial charge >= 0.3 is 0 Å². The van der Waals surface area contributed by atoms with E-state index in [4.69, 9.17) is 4.74 Å². The van der Waals surface area contributed by atoms with Crippen molar-refractivity contribution in [2.24, 2.45) is 5.92 Å². The van der Waals surface area contributed by atoms with Gasteiger partial charge in [0.2, 0.25) is 0 Å². The Bertz CT molecular complexity index is 174. The van der Waals surface area contributed by atoms with Gasteiger partial charge in [0.05, 0.1) is 6.10 Å². The number of hydrogen-bond donors (Lipinski definition) is 1. The molecule has 0 aromatic carbocycles. The lowest BCUT2D eigenvalue weighted by Gasteiger charge is -2.34. The molecule has 0 saturated carbocycles. The molecule has 0 radical (unpaired) electrons. The Hall–Kier alpha value is -0.120. The molecule has 3 nitrogen and oxygen atoms in total. The summed E-state index contributed by atoms with van der Waals surface area (Å²) in [5, 5.41) is 3.33. The predicted molar refractivity (Wildman–Crippen MR) is 62.1 cm³/mol. The van der Waals surface area contributed by atoms with Crippen LogP contribution >= 0.6 is 0 Å². The van der Waals surface area contributed by atoms with Gasteiger partial charge in [-0.25, -0.2) is 0 Å². The molecule has 3 heteroatoms. The fraction of sp³-hybridized carbons (Fsp3) is 1.00. The van der Waals surface area contributed by atoms with Crippen molar-refractivity contribution in [1.29, 1.82) is 0 Å². The molecule has 0 amide bonds. The molecule has 2 saturated heterocycles. The first-order chi connectivity index (χ1) is 7.38. The lowest BCUT2D eigenvalue weighted by molar-refractivity contribution is 0.0128. The van der Waals surface area contributed by atoms with Crippen molar-refractivity contribution < 1.29 is 4.74 Å². The fourth-order valence-electron chi connectivity index (χ4n) is 2.45. The molecule has 2 rings (SSSR count). The summed E-state index contributed by atoms with van der Waals surface area (Å²) in [5.41, 5.74) is 0. The van der Waals surface area contributed by atoms with E-state index in [2.05, 4.69) is 17.1 Å². The Balaban J connectivity index is 1.56. The van der Waals surface area contributed by atoms with Gasteiger partial charge in [-0.15, -0.1) is 0 Å². The van der Waals surface area contributed by atoms with Crippen molar-refractivity contribution in [3.05, 3.63) is 0 Å². The molecule has 2 aliphatic rings. The monoisotopic (exact) mass is 212 g/mol. The Labute approximate surface area is 93.2 Å². The van der Waals surface area contributed by atoms with Crippen molar-refractivity contribution in [1.82, 2.24) is 10.2 Å². The number of piperidine rings is 1. The summed E-state index contributed by atoms with van der Waals surface area (Å²) in [6, 6.07) is 0. The van der Waals surface area contributed by atoms with Crippen LogP contribution in [0.25, 0.3) is 0 Å². The first-order valence-corrected chi connectivity index (χ1v) is 6.43. The van der Waals surface area contributed by atoms with Gasteiger partial charge in [0.1, 0.15) is 0 Å². The molecule has 2 fully saturated rings. The molecular formula is C12H24N2O. The first kappa shape index (κ1) is 11.4. The number of rotatable bonds is 5. The summed E-state index contributed by atoms with van der Waals surface area (Å²) in [5.74, 6) is 0.953. The minimum absolute atomic E-state index is 0.539. The molecule has 88 valence electrons. The highest BCUT2D eigenvalue weighted by molar-refractivity contribution is 4.78. The largest absolute Gasteiger partial charge is 0.378 e. The molecule has 2 aliphatic heterocycles. The summed E-state index contributed by atoms with van der Waals surface area (Å²) in [6.07, 6.45) is 4.39. The Morgan fingerprint density at radius 3 is 2.53 bits per heavy atom. The van der Waals surface area contributed by atoms with E-state index in [9.17, 15) is 0 Å². The van der Waals surface area contributed by atoms with Gasteiger partial charge in [0, 0.05) is 19.7 Å². The van der Waals surface area contributed by atoms with E-state index in [-0.39, 0.29) is 0 Å². The maximum absolute atomic E-state index is 5.65. The van der Waals surface area contributed by atoms with Crippen molar-refractivity contribution >= 4 is 0 Å². The van der Waals surface area contributed by atoms with E-state index in [0.29, 0.717) is 6.10 Å². The van der Waals surface area contributed by atoms with Gasteiger partial charge in [0.25, 0.3) is 0 Å². The van der Waals surface area contributed by atoms with Crippen LogP contribution < -0.4 is 5.32 Å². The second-order valence-corrected chi connectivity index (χ2v) is 4.81. The highest BCUT2D eigenvalue weighted by Crippen LogP contribution is 2.16. The van der Waals surface area contributed by atoms with Crippen LogP contribution in [0, 0.1) is 5.92 Å². The summed E-state index contributed by atoms with van der Waals surface area (Å²) in [6.45, 7) is 9.24. The van der Waals surface area contributed by atoms with Crippen molar-refractivity contribution in [2.45, 2.75) is 32.3 Å². The average molecular weight is 212 g/mol. The van der Waals surface area contributed by atoms with Gasteiger partial charge in [-0.05, 0) is 51.7 Å². The van der Waals surface area contributed by atoms with Gasteiger partial charge in [-0.2, -0.15) is 0 Å². The molecule has 0 aromatic rings. The number of ether oxygens (including phenoxy) is 1. The summed E-state index contributed by atoms with van der Waals surface area (Å²) < 4.78 is 5.65. The van der Waals surface area contributed by atoms with E-state index >= 15 is 0 Å². The van der Waals surface area contributed by atoms with Crippen molar-refractivity contribution in [3.63, 3.8) is 0 Å². The second kappa shape index (κ2) is 5.83. The first-order valence-electron chi connectivity index (χ1n) is 6.43. The lowest BCUT2D eigenvalue weighted by Crippen LogP contribution is -2.45. The quantitative estimate of drug-likeness (QED) is 0.738. The average Bonchev–Trinajstić information content (AvgIpc) is 2.19. The van der Waals surface area contributed by atoms with Crippen molar-refractivity contribution in [2.75, 3.05) is 39.3 Å². The third-order valence-electron chi connectivity index (χ3n) is 3.66. The Kier molecular flexibility index (Phi) is 4.42. The molecule has 0 aromatic heterocycles. The van der Waals surface area contributed by atoms with Gasteiger partial charge in [0.15, 0.2) is 0 Å². The van der Waals surface area contributed by atoms with E-state index in [1.807, 2.05) is 0 Å². The minimum atomic E-state index is 0.539. The van der Waals surface area contributed by atoms with Crippen LogP contribution in [-0.4, -0.2) is 50.3 Å². The zero-order chi connectivity index (χ0) is 10.5. The third kappa shape index (κ3) is 3.44. The van der Waals surface area contributed by atoms with E-state index in [0.717, 1.165) is 12.5 Å². The van der Waals surface area contributed by atoms with E-state index in [1.165, 1.54) is 52.0 Å². The Morgan fingerprint density at radius 1 is 1.27 bits per heavy atom. The fourth-order valence-corrected chi connectivity index (χ4v) is 2.45. The number of hydrogen-bond acceptors (Lipinski definition) is 3. The SMILES string of the molecule is CCOC1CCN(CCC2CNC2)CC1. The number of likely N-dealkylation sites (tertiary alicyclic amines) is 1. The smallest absolute Gasteiger partial charge is 0.0599 e. The molecule has 0 unspecified atom stereocenters. The molecule has 2 heterocycles. The van der Waals surface area contributed by atoms with Gasteiger partial charge in [-0.1, -0.05) is 0 Å². The van der Waals surface area contributed by atoms with Crippen LogP contribution in [0.15, 0.2) is 0 Å². The highest BCUT2D eigenvalue weighted by atomic mass is 16.5. The van der Waals surface area contributed by atoms with Gasteiger partial charge < -0.3 is 15.0 Å². The van der Waals surface area contributed by atoms with E-state index < -0.39 is 0 Å². The molecule has 0 bridgehead atoms. The predicted octanol–water partition coefficient (Wildman–Crippen LogP) is 1.10. The van der Waals surface area contributed by atoms with Crippen LogP contribution in [-0.2, 0) is 4.74 Å². The summed E-state index contributed by atoms with van der Waals surface area (Å²) in [7, 11) is 0. The van der Waals surface area contributed by atoms with Crippen LogP contribution in [0.4, 0.5) is 0 Å². The minimum Gasteiger partial charge on any atom is -0.378 e. The van der Waals surface area contributed by atoms with Gasteiger partial charge in [-0.3, -0.25) is 0 Å². The molecular weight excluding hydrogens is 188 g/mol. The summed E-state index contributed by atoms with van der Waals surface area (Å²) in [4.78, 5) is 2.60. The number of nitrogens with zero attached hydrogens (tertiary/aromatic N) is 1. The molecule has 15 heavy (non-hydrogen) atoms. The molecule has 0 atom stereocenters. The molecule has 0 aliphatic carbocycles. The van der Waals surface area contributed by atoms with Crippen LogP contribution in [0.5, 0.6) is 0 Å². The lowest BCUT2D eigenvalue weighted by atomic mass is 9.98. The second-order valence-electron chi connectivity index (χ2n) is 4.81. The maximum atomic E-state index is 5.65. The molecule has 1 N–H and O–H groups in total. The van der Waals surface area contributed by atoms with Crippen molar-refractivity contribution in [3.8, 4) is 0 Å². The van der Waals surface area contributed by atoms with Crippen LogP contribution in [0.1, 0.15) is 26.2 Å². The third-order valence-corrected chi connectivity index (χ3v) is 3.66. The zero-order valence-electron chi connectivity index (χ0n) is 9.87. The number of nitrogens with one attached hydrogen (secondary N) is 1. The maximum Gasteiger partial charge on any atom is 0.0599 e. The topological polar surface area (TPSA) is 24.5 Å². The normalized spacial score (nSPS) is 25.4. The Morgan fingerprint density at radius 2 is 2.00 bits per heavy atom. The highest BCUT2D eigenvalue weighted by Gasteiger charge is 2.21. The molecule has 0 spiro atoms. The standard InChI is InChI=1S/C12H24N2O/c1-2-15-12-4-7-14(8-5-12)6-3-11-9-13-10-11/h11-13H,2-10H2,1H3. The van der Waals surface area contributed by atoms with E-state index in [1.54, 1.807) is 0 Å².